The quantitative estimate of drug-likeness (QED) is 0.296. The molecule has 2 aromatic carbocycles. The SMILES string of the molecule is Cc1nn(Cc2ccc(Cl)cc2Cl)c(C)c1NC(=O)c1ccc(COc2ccc(Cl)cc2)o1. The lowest BCUT2D eigenvalue weighted by molar-refractivity contribution is 0.0992. The highest BCUT2D eigenvalue weighted by Gasteiger charge is 2.18. The number of hydrogen-bond donors (Lipinski definition) is 1. The van der Waals surface area contributed by atoms with Gasteiger partial charge in [-0.2, -0.15) is 5.10 Å². The number of ether oxygens (including phenoxy) is 1. The van der Waals surface area contributed by atoms with Gasteiger partial charge in [0.1, 0.15) is 18.1 Å². The highest BCUT2D eigenvalue weighted by atomic mass is 35.5. The molecule has 1 N–H and O–H groups in total. The Hall–Kier alpha value is -2.93. The van der Waals surface area contributed by atoms with Crippen molar-refractivity contribution in [3.05, 3.63) is 98.1 Å². The van der Waals surface area contributed by atoms with Gasteiger partial charge in [-0.05, 0) is 67.9 Å². The predicted molar refractivity (Wildman–Crippen MR) is 130 cm³/mol. The van der Waals surface area contributed by atoms with Gasteiger partial charge in [-0.1, -0.05) is 40.9 Å². The molecule has 4 rings (SSSR count). The Labute approximate surface area is 206 Å². The number of aromatic nitrogens is 2. The summed E-state index contributed by atoms with van der Waals surface area (Å²) in [5, 5.41) is 9.19. The lowest BCUT2D eigenvalue weighted by Crippen LogP contribution is -2.12. The van der Waals surface area contributed by atoms with E-state index in [-0.39, 0.29) is 18.3 Å². The van der Waals surface area contributed by atoms with E-state index in [0.29, 0.717) is 44.5 Å². The lowest BCUT2D eigenvalue weighted by Gasteiger charge is -2.08. The smallest absolute Gasteiger partial charge is 0.291 e. The molecule has 1 amide bonds. The third kappa shape index (κ3) is 5.53. The first-order valence-corrected chi connectivity index (χ1v) is 11.2. The molecule has 0 saturated carbocycles. The van der Waals surface area contributed by atoms with Crippen molar-refractivity contribution in [1.29, 1.82) is 0 Å². The summed E-state index contributed by atoms with van der Waals surface area (Å²) in [5.41, 5.74) is 2.98. The first-order valence-electron chi connectivity index (χ1n) is 10.1. The van der Waals surface area contributed by atoms with Gasteiger partial charge in [0.15, 0.2) is 5.76 Å². The van der Waals surface area contributed by atoms with Gasteiger partial charge in [0.2, 0.25) is 0 Å². The van der Waals surface area contributed by atoms with E-state index in [9.17, 15) is 4.79 Å². The summed E-state index contributed by atoms with van der Waals surface area (Å²) in [6, 6.07) is 15.6. The van der Waals surface area contributed by atoms with E-state index in [4.69, 9.17) is 44.0 Å². The molecule has 0 spiro atoms. The summed E-state index contributed by atoms with van der Waals surface area (Å²) in [6.45, 7) is 4.35. The minimum Gasteiger partial charge on any atom is -0.486 e. The van der Waals surface area contributed by atoms with Crippen LogP contribution in [0.15, 0.2) is 59.0 Å². The Morgan fingerprint density at radius 1 is 1.03 bits per heavy atom. The van der Waals surface area contributed by atoms with Crippen molar-refractivity contribution >= 4 is 46.4 Å². The Bertz CT molecular complexity index is 1300. The highest BCUT2D eigenvalue weighted by Crippen LogP contribution is 2.26. The molecule has 6 nitrogen and oxygen atoms in total. The largest absolute Gasteiger partial charge is 0.486 e. The highest BCUT2D eigenvalue weighted by molar-refractivity contribution is 6.35. The fourth-order valence-corrected chi connectivity index (χ4v) is 3.88. The Kier molecular flexibility index (Phi) is 6.98. The minimum atomic E-state index is -0.372. The summed E-state index contributed by atoms with van der Waals surface area (Å²) < 4.78 is 13.1. The molecular weight excluding hydrogens is 485 g/mol. The lowest BCUT2D eigenvalue weighted by atomic mass is 10.2. The Morgan fingerprint density at radius 2 is 1.76 bits per heavy atom. The van der Waals surface area contributed by atoms with Crippen molar-refractivity contribution in [2.45, 2.75) is 27.0 Å². The number of carbonyl (C=O) groups excluding carboxylic acids is 1. The molecule has 0 unspecified atom stereocenters. The maximum Gasteiger partial charge on any atom is 0.291 e. The van der Waals surface area contributed by atoms with Gasteiger partial charge in [-0.15, -0.1) is 0 Å². The van der Waals surface area contributed by atoms with E-state index in [1.165, 1.54) is 0 Å². The topological polar surface area (TPSA) is 69.3 Å². The number of halogens is 3. The van der Waals surface area contributed by atoms with Crippen LogP contribution >= 0.6 is 34.8 Å². The van der Waals surface area contributed by atoms with Crippen LogP contribution in [0.5, 0.6) is 5.75 Å². The van der Waals surface area contributed by atoms with E-state index < -0.39 is 0 Å². The van der Waals surface area contributed by atoms with Gasteiger partial charge < -0.3 is 14.5 Å². The number of aryl methyl sites for hydroxylation is 1. The van der Waals surface area contributed by atoms with E-state index in [2.05, 4.69) is 10.4 Å². The average molecular weight is 505 g/mol. The van der Waals surface area contributed by atoms with E-state index >= 15 is 0 Å². The van der Waals surface area contributed by atoms with Crippen LogP contribution < -0.4 is 10.1 Å². The van der Waals surface area contributed by atoms with Crippen molar-refractivity contribution in [3.8, 4) is 5.75 Å². The molecule has 0 aliphatic carbocycles. The predicted octanol–water partition coefficient (Wildman–Crippen LogP) is 6.93. The third-order valence-electron chi connectivity index (χ3n) is 5.04. The molecule has 0 radical (unpaired) electrons. The van der Waals surface area contributed by atoms with Gasteiger partial charge in [0.25, 0.3) is 5.91 Å². The standard InChI is InChI=1S/C24H20Cl3N3O3/c1-14-23(15(2)30(29-14)12-16-3-4-18(26)11-21(16)27)28-24(31)22-10-9-20(33-22)13-32-19-7-5-17(25)6-8-19/h3-11H,12-13H2,1-2H3,(H,28,31). The summed E-state index contributed by atoms with van der Waals surface area (Å²) >= 11 is 18.1. The Balaban J connectivity index is 1.42. The van der Waals surface area contributed by atoms with Crippen molar-refractivity contribution in [2.24, 2.45) is 0 Å². The molecule has 170 valence electrons. The minimum absolute atomic E-state index is 0.178. The normalized spacial score (nSPS) is 10.9. The van der Waals surface area contributed by atoms with Crippen LogP contribution in [0.3, 0.4) is 0 Å². The second-order valence-electron chi connectivity index (χ2n) is 7.40. The summed E-state index contributed by atoms with van der Waals surface area (Å²) in [6.07, 6.45) is 0. The number of nitrogens with zero attached hydrogens (tertiary/aromatic N) is 2. The number of furan rings is 1. The zero-order valence-electron chi connectivity index (χ0n) is 17.9. The van der Waals surface area contributed by atoms with Crippen molar-refractivity contribution in [3.63, 3.8) is 0 Å². The summed E-state index contributed by atoms with van der Waals surface area (Å²) in [7, 11) is 0. The Morgan fingerprint density at radius 3 is 2.48 bits per heavy atom. The molecule has 2 aromatic heterocycles. The maximum absolute atomic E-state index is 12.8. The van der Waals surface area contributed by atoms with Crippen LogP contribution in [0.4, 0.5) is 5.69 Å². The molecule has 0 aliphatic rings. The number of rotatable bonds is 7. The fraction of sp³-hybridized carbons (Fsp3) is 0.167. The monoisotopic (exact) mass is 503 g/mol. The van der Waals surface area contributed by atoms with Crippen LogP contribution in [0.1, 0.15) is 33.3 Å². The maximum atomic E-state index is 12.8. The van der Waals surface area contributed by atoms with Crippen LogP contribution in [-0.2, 0) is 13.2 Å². The van der Waals surface area contributed by atoms with Gasteiger partial charge in [-0.25, -0.2) is 0 Å². The second-order valence-corrected chi connectivity index (χ2v) is 8.68. The number of hydrogen-bond acceptors (Lipinski definition) is 4. The summed E-state index contributed by atoms with van der Waals surface area (Å²) in [4.78, 5) is 12.8. The zero-order chi connectivity index (χ0) is 23.5. The molecule has 0 bridgehead atoms. The molecule has 2 heterocycles. The first-order chi connectivity index (χ1) is 15.8. The molecule has 0 saturated heterocycles. The number of nitrogens with one attached hydrogen (secondary N) is 1. The first kappa shape index (κ1) is 23.2. The second kappa shape index (κ2) is 9.91. The molecular formula is C24H20Cl3N3O3. The van der Waals surface area contributed by atoms with Crippen LogP contribution in [0, 0.1) is 13.8 Å². The molecule has 0 aliphatic heterocycles. The van der Waals surface area contributed by atoms with Crippen LogP contribution in [0.2, 0.25) is 15.1 Å². The molecule has 33 heavy (non-hydrogen) atoms. The number of amides is 1. The average Bonchev–Trinajstić information content (AvgIpc) is 3.36. The zero-order valence-corrected chi connectivity index (χ0v) is 20.1. The van der Waals surface area contributed by atoms with Gasteiger partial charge >= 0.3 is 0 Å². The van der Waals surface area contributed by atoms with Gasteiger partial charge in [-0.3, -0.25) is 9.48 Å². The van der Waals surface area contributed by atoms with E-state index in [0.717, 1.165) is 11.3 Å². The number of carbonyl (C=O) groups is 1. The fourth-order valence-electron chi connectivity index (χ4n) is 3.28. The molecule has 0 atom stereocenters. The van der Waals surface area contributed by atoms with Gasteiger partial charge in [0.05, 0.1) is 23.6 Å². The van der Waals surface area contributed by atoms with Gasteiger partial charge in [0, 0.05) is 15.1 Å². The number of anilines is 1. The van der Waals surface area contributed by atoms with Crippen molar-refractivity contribution in [2.75, 3.05) is 5.32 Å². The third-order valence-corrected chi connectivity index (χ3v) is 5.87. The van der Waals surface area contributed by atoms with E-state index in [1.54, 1.807) is 53.2 Å². The molecule has 0 fully saturated rings. The van der Waals surface area contributed by atoms with E-state index in [1.807, 2.05) is 19.9 Å². The summed E-state index contributed by atoms with van der Waals surface area (Å²) in [5.74, 6) is 0.984. The van der Waals surface area contributed by atoms with Crippen molar-refractivity contribution in [1.82, 2.24) is 9.78 Å². The number of benzene rings is 2. The molecule has 9 heteroatoms. The van der Waals surface area contributed by atoms with Crippen LogP contribution in [0.25, 0.3) is 0 Å². The van der Waals surface area contributed by atoms with Crippen LogP contribution in [-0.4, -0.2) is 15.7 Å². The molecule has 4 aromatic rings. The van der Waals surface area contributed by atoms with Crippen molar-refractivity contribution < 1.29 is 13.9 Å².